The SMILES string of the molecule is Cc1ccc(C2=NOC(CNC(=O)c3n[nH]c4c3CC(C)(C)C4)C2)cc1C. The van der Waals surface area contributed by atoms with E-state index in [4.69, 9.17) is 4.84 Å². The Bertz CT molecular complexity index is 926. The summed E-state index contributed by atoms with van der Waals surface area (Å²) in [5, 5.41) is 14.4. The number of carbonyl (C=O) groups excluding carboxylic acids is 1. The first-order valence-electron chi connectivity index (χ1n) is 9.47. The van der Waals surface area contributed by atoms with Crippen LogP contribution in [0, 0.1) is 19.3 Å². The Kier molecular flexibility index (Phi) is 4.29. The van der Waals surface area contributed by atoms with Crippen LogP contribution >= 0.6 is 0 Å². The Morgan fingerprint density at radius 2 is 2.11 bits per heavy atom. The molecule has 2 aliphatic rings. The zero-order valence-corrected chi connectivity index (χ0v) is 16.3. The van der Waals surface area contributed by atoms with Gasteiger partial charge < -0.3 is 10.2 Å². The van der Waals surface area contributed by atoms with Gasteiger partial charge in [0.15, 0.2) is 5.69 Å². The molecule has 1 aliphatic heterocycles. The molecule has 0 radical (unpaired) electrons. The number of aromatic amines is 1. The van der Waals surface area contributed by atoms with Gasteiger partial charge in [-0.2, -0.15) is 5.10 Å². The maximum Gasteiger partial charge on any atom is 0.272 e. The van der Waals surface area contributed by atoms with E-state index in [1.807, 2.05) is 0 Å². The van der Waals surface area contributed by atoms with Gasteiger partial charge in [-0.15, -0.1) is 0 Å². The van der Waals surface area contributed by atoms with Crippen LogP contribution in [0.3, 0.4) is 0 Å². The second kappa shape index (κ2) is 6.51. The van der Waals surface area contributed by atoms with Gasteiger partial charge in [-0.25, -0.2) is 0 Å². The predicted octanol–water partition coefficient (Wildman–Crippen LogP) is 3.07. The van der Waals surface area contributed by atoms with E-state index in [0.717, 1.165) is 35.4 Å². The van der Waals surface area contributed by atoms with Crippen molar-refractivity contribution in [1.29, 1.82) is 0 Å². The molecular weight excluding hydrogens is 340 g/mol. The van der Waals surface area contributed by atoms with Crippen LogP contribution < -0.4 is 5.32 Å². The highest BCUT2D eigenvalue weighted by Crippen LogP contribution is 2.36. The fourth-order valence-electron chi connectivity index (χ4n) is 3.86. The molecule has 6 nitrogen and oxygen atoms in total. The molecule has 1 aliphatic carbocycles. The lowest BCUT2D eigenvalue weighted by atomic mass is 9.90. The molecule has 2 aromatic rings. The summed E-state index contributed by atoms with van der Waals surface area (Å²) in [6.07, 6.45) is 2.35. The Hall–Kier alpha value is -2.63. The fraction of sp³-hybridized carbons (Fsp3) is 0.476. The van der Waals surface area contributed by atoms with Crippen molar-refractivity contribution in [3.63, 3.8) is 0 Å². The standard InChI is InChI=1S/C21H26N4O2/c1-12-5-6-14(7-13(12)2)17-8-15(27-25-17)11-22-20(26)19-16-9-21(3,4)10-18(16)23-24-19/h5-7,15H,8-11H2,1-4H3,(H,22,26)(H,23,24). The molecule has 1 amide bonds. The number of nitrogens with one attached hydrogen (secondary N) is 2. The number of hydrogen-bond donors (Lipinski definition) is 2. The van der Waals surface area contributed by atoms with E-state index in [1.165, 1.54) is 11.1 Å². The number of oxime groups is 1. The monoisotopic (exact) mass is 366 g/mol. The van der Waals surface area contributed by atoms with Crippen molar-refractivity contribution in [2.24, 2.45) is 10.6 Å². The Balaban J connectivity index is 1.35. The molecule has 4 rings (SSSR count). The summed E-state index contributed by atoms with van der Waals surface area (Å²) >= 11 is 0. The highest BCUT2D eigenvalue weighted by Gasteiger charge is 2.34. The van der Waals surface area contributed by atoms with Crippen molar-refractivity contribution in [3.8, 4) is 0 Å². The van der Waals surface area contributed by atoms with Crippen molar-refractivity contribution in [1.82, 2.24) is 15.5 Å². The topological polar surface area (TPSA) is 79.4 Å². The molecule has 0 fully saturated rings. The Morgan fingerprint density at radius 1 is 1.30 bits per heavy atom. The van der Waals surface area contributed by atoms with E-state index < -0.39 is 0 Å². The van der Waals surface area contributed by atoms with Gasteiger partial charge in [0.25, 0.3) is 5.91 Å². The van der Waals surface area contributed by atoms with Crippen LogP contribution in [0.25, 0.3) is 0 Å². The average Bonchev–Trinajstić information content (AvgIpc) is 3.29. The fourth-order valence-corrected chi connectivity index (χ4v) is 3.86. The quantitative estimate of drug-likeness (QED) is 0.873. The highest BCUT2D eigenvalue weighted by atomic mass is 16.6. The molecule has 2 N–H and O–H groups in total. The first-order valence-corrected chi connectivity index (χ1v) is 9.47. The first kappa shape index (κ1) is 17.8. The van der Waals surface area contributed by atoms with Gasteiger partial charge in [-0.1, -0.05) is 31.1 Å². The summed E-state index contributed by atoms with van der Waals surface area (Å²) in [4.78, 5) is 18.1. The van der Waals surface area contributed by atoms with Crippen molar-refractivity contribution >= 4 is 11.6 Å². The van der Waals surface area contributed by atoms with Crippen LogP contribution in [-0.2, 0) is 17.7 Å². The minimum absolute atomic E-state index is 0.144. The zero-order valence-electron chi connectivity index (χ0n) is 16.3. The number of hydrogen-bond acceptors (Lipinski definition) is 4. The van der Waals surface area contributed by atoms with Crippen molar-refractivity contribution in [2.45, 2.75) is 53.1 Å². The molecule has 0 spiro atoms. The van der Waals surface area contributed by atoms with Gasteiger partial charge in [0.05, 0.1) is 12.3 Å². The van der Waals surface area contributed by atoms with Gasteiger partial charge >= 0.3 is 0 Å². The number of benzene rings is 1. The second-order valence-electron chi connectivity index (χ2n) is 8.53. The molecule has 1 aromatic heterocycles. The van der Waals surface area contributed by atoms with Crippen molar-refractivity contribution in [3.05, 3.63) is 51.8 Å². The lowest BCUT2D eigenvalue weighted by molar-refractivity contribution is 0.0750. The third kappa shape index (κ3) is 3.48. The van der Waals surface area contributed by atoms with Gasteiger partial charge in [0.1, 0.15) is 6.10 Å². The molecule has 1 atom stereocenters. The number of amides is 1. The zero-order chi connectivity index (χ0) is 19.2. The smallest absolute Gasteiger partial charge is 0.272 e. The summed E-state index contributed by atoms with van der Waals surface area (Å²) in [5.41, 5.74) is 7.35. The van der Waals surface area contributed by atoms with Gasteiger partial charge in [0.2, 0.25) is 0 Å². The van der Waals surface area contributed by atoms with E-state index in [-0.39, 0.29) is 17.4 Å². The Labute approximate surface area is 159 Å². The molecule has 0 saturated carbocycles. The third-order valence-corrected chi connectivity index (χ3v) is 5.54. The molecule has 142 valence electrons. The number of carbonyl (C=O) groups is 1. The molecule has 1 unspecified atom stereocenters. The summed E-state index contributed by atoms with van der Waals surface area (Å²) in [6.45, 7) is 9.02. The summed E-state index contributed by atoms with van der Waals surface area (Å²) < 4.78 is 0. The minimum atomic E-state index is -0.145. The largest absolute Gasteiger partial charge is 0.390 e. The first-order chi connectivity index (χ1) is 12.8. The second-order valence-corrected chi connectivity index (χ2v) is 8.53. The summed E-state index contributed by atoms with van der Waals surface area (Å²) in [6, 6.07) is 6.30. The molecule has 27 heavy (non-hydrogen) atoms. The van der Waals surface area contributed by atoms with Crippen LogP contribution in [0.5, 0.6) is 0 Å². The molecule has 2 heterocycles. The van der Waals surface area contributed by atoms with Gasteiger partial charge in [-0.05, 0) is 54.9 Å². The number of fused-ring (bicyclic) bond motifs is 1. The minimum Gasteiger partial charge on any atom is -0.390 e. The highest BCUT2D eigenvalue weighted by molar-refractivity contribution is 6.01. The third-order valence-electron chi connectivity index (χ3n) is 5.54. The van der Waals surface area contributed by atoms with E-state index in [1.54, 1.807) is 0 Å². The number of nitrogens with zero attached hydrogens (tertiary/aromatic N) is 2. The number of H-pyrrole nitrogens is 1. The maximum absolute atomic E-state index is 12.6. The molecule has 6 heteroatoms. The molecule has 0 saturated heterocycles. The van der Waals surface area contributed by atoms with Crippen molar-refractivity contribution in [2.75, 3.05) is 6.54 Å². The lowest BCUT2D eigenvalue weighted by Crippen LogP contribution is -2.33. The number of rotatable bonds is 4. The Morgan fingerprint density at radius 3 is 2.89 bits per heavy atom. The number of aryl methyl sites for hydroxylation is 2. The van der Waals surface area contributed by atoms with Crippen LogP contribution in [0.2, 0.25) is 0 Å². The number of aromatic nitrogens is 2. The summed E-state index contributed by atoms with van der Waals surface area (Å²) in [7, 11) is 0. The van der Waals surface area contributed by atoms with Crippen LogP contribution in [0.1, 0.15) is 58.7 Å². The molecule has 1 aromatic carbocycles. The van der Waals surface area contributed by atoms with Crippen LogP contribution in [0.15, 0.2) is 23.4 Å². The van der Waals surface area contributed by atoms with E-state index in [9.17, 15) is 4.79 Å². The normalized spacial score (nSPS) is 20.1. The van der Waals surface area contributed by atoms with E-state index in [2.05, 4.69) is 66.6 Å². The van der Waals surface area contributed by atoms with Crippen molar-refractivity contribution < 1.29 is 9.63 Å². The summed E-state index contributed by atoms with van der Waals surface area (Å²) in [5.74, 6) is -0.145. The molecular formula is C21H26N4O2. The predicted molar refractivity (Wildman–Crippen MR) is 104 cm³/mol. The lowest BCUT2D eigenvalue weighted by Gasteiger charge is -2.15. The van der Waals surface area contributed by atoms with Crippen LogP contribution in [0.4, 0.5) is 0 Å². The van der Waals surface area contributed by atoms with Crippen LogP contribution in [-0.4, -0.2) is 34.5 Å². The molecule has 0 bridgehead atoms. The van der Waals surface area contributed by atoms with E-state index >= 15 is 0 Å². The average molecular weight is 366 g/mol. The van der Waals surface area contributed by atoms with Gasteiger partial charge in [-0.3, -0.25) is 9.89 Å². The van der Waals surface area contributed by atoms with E-state index in [0.29, 0.717) is 18.7 Å². The van der Waals surface area contributed by atoms with Gasteiger partial charge in [0, 0.05) is 17.7 Å². The maximum atomic E-state index is 12.6.